The lowest BCUT2D eigenvalue weighted by Gasteiger charge is -2.36. The summed E-state index contributed by atoms with van der Waals surface area (Å²) in [6, 6.07) is 4.77. The number of esters is 1. The molecule has 1 aromatic carbocycles. The van der Waals surface area contributed by atoms with Gasteiger partial charge < -0.3 is 4.74 Å². The molecule has 0 spiro atoms. The minimum absolute atomic E-state index is 0.0452. The molecule has 2 saturated carbocycles. The van der Waals surface area contributed by atoms with E-state index in [1.165, 1.54) is 6.07 Å². The lowest BCUT2D eigenvalue weighted by molar-refractivity contribution is -0.145. The Balaban J connectivity index is 1.68. The van der Waals surface area contributed by atoms with E-state index >= 15 is 0 Å². The van der Waals surface area contributed by atoms with E-state index in [-0.39, 0.29) is 23.7 Å². The van der Waals surface area contributed by atoms with Crippen molar-refractivity contribution in [2.75, 3.05) is 0 Å². The van der Waals surface area contributed by atoms with Crippen LogP contribution in [-0.2, 0) is 9.59 Å². The molecule has 5 heteroatoms. The molecule has 2 aliphatic carbocycles. The number of Topliss-reactive ketones (excluding diaryl/α,β-unsaturated/α-hetero) is 1. The third-order valence-corrected chi connectivity index (χ3v) is 5.23. The van der Waals surface area contributed by atoms with E-state index in [1.807, 2.05) is 0 Å². The Bertz CT molecular complexity index is 569. The van der Waals surface area contributed by atoms with Gasteiger partial charge >= 0.3 is 5.97 Å². The Morgan fingerprint density at radius 2 is 1.76 bits per heavy atom. The molecule has 2 fully saturated rings. The molecular weight excluding hydrogens is 311 g/mol. The maximum atomic E-state index is 12.3. The summed E-state index contributed by atoms with van der Waals surface area (Å²) < 4.78 is 5.40. The van der Waals surface area contributed by atoms with Crippen molar-refractivity contribution in [3.63, 3.8) is 0 Å². The molecule has 0 saturated heterocycles. The zero-order valence-electron chi connectivity index (χ0n) is 11.5. The second kappa shape index (κ2) is 5.98. The highest BCUT2D eigenvalue weighted by Crippen LogP contribution is 2.40. The van der Waals surface area contributed by atoms with E-state index in [1.54, 1.807) is 12.1 Å². The van der Waals surface area contributed by atoms with Crippen LogP contribution >= 0.6 is 23.2 Å². The molecule has 3 rings (SSSR count). The molecule has 0 N–H and O–H groups in total. The Morgan fingerprint density at radius 3 is 2.38 bits per heavy atom. The first kappa shape index (κ1) is 14.9. The van der Waals surface area contributed by atoms with Gasteiger partial charge in [-0.05, 0) is 37.8 Å². The number of carbonyl (C=O) groups is 2. The van der Waals surface area contributed by atoms with Crippen LogP contribution in [0, 0.1) is 17.8 Å². The molecule has 3 nitrogen and oxygen atoms in total. The van der Waals surface area contributed by atoms with E-state index in [0.29, 0.717) is 34.4 Å². The fourth-order valence-corrected chi connectivity index (χ4v) is 3.70. The SMILES string of the molecule is O=C(Oc1ccc(Cl)c(Cl)c1)C1CC2CCCC(C1)C2=O. The monoisotopic (exact) mass is 326 g/mol. The minimum Gasteiger partial charge on any atom is -0.426 e. The van der Waals surface area contributed by atoms with Crippen LogP contribution in [0.1, 0.15) is 32.1 Å². The molecule has 2 bridgehead atoms. The smallest absolute Gasteiger partial charge is 0.314 e. The van der Waals surface area contributed by atoms with Gasteiger partial charge in [-0.25, -0.2) is 0 Å². The number of hydrogen-bond donors (Lipinski definition) is 0. The standard InChI is InChI=1S/C16H16Cl2O3/c17-13-5-4-12(8-14(13)18)21-16(20)11-6-9-2-1-3-10(7-11)15(9)19/h4-5,8-11H,1-3,6-7H2. The van der Waals surface area contributed by atoms with Gasteiger partial charge in [-0.1, -0.05) is 29.6 Å². The Kier molecular flexibility index (Phi) is 4.23. The first-order valence-corrected chi connectivity index (χ1v) is 8.00. The highest BCUT2D eigenvalue weighted by Gasteiger charge is 2.41. The van der Waals surface area contributed by atoms with Crippen LogP contribution in [-0.4, -0.2) is 11.8 Å². The molecular formula is C16H16Cl2O3. The van der Waals surface area contributed by atoms with E-state index in [2.05, 4.69) is 0 Å². The van der Waals surface area contributed by atoms with Gasteiger partial charge in [-0.15, -0.1) is 0 Å². The first-order valence-electron chi connectivity index (χ1n) is 7.25. The number of halogens is 2. The number of ether oxygens (including phenoxy) is 1. The lowest BCUT2D eigenvalue weighted by Crippen LogP contribution is -2.40. The number of fused-ring (bicyclic) bond motifs is 2. The Labute approximate surface area is 133 Å². The van der Waals surface area contributed by atoms with E-state index in [9.17, 15) is 9.59 Å². The molecule has 0 aromatic heterocycles. The number of benzene rings is 1. The van der Waals surface area contributed by atoms with Gasteiger partial charge in [0, 0.05) is 17.9 Å². The van der Waals surface area contributed by atoms with Crippen LogP contribution < -0.4 is 4.74 Å². The molecule has 2 aliphatic rings. The van der Waals surface area contributed by atoms with Crippen LogP contribution in [0.2, 0.25) is 10.0 Å². The topological polar surface area (TPSA) is 43.4 Å². The van der Waals surface area contributed by atoms with Gasteiger partial charge in [0.2, 0.25) is 0 Å². The normalized spacial score (nSPS) is 28.3. The zero-order valence-corrected chi connectivity index (χ0v) is 13.0. The third-order valence-electron chi connectivity index (χ3n) is 4.49. The summed E-state index contributed by atoms with van der Waals surface area (Å²) in [4.78, 5) is 24.3. The Hall–Kier alpha value is -1.06. The summed E-state index contributed by atoms with van der Waals surface area (Å²) in [5.74, 6) is 0.384. The molecule has 2 unspecified atom stereocenters. The van der Waals surface area contributed by atoms with Gasteiger partial charge in [0.25, 0.3) is 0 Å². The van der Waals surface area contributed by atoms with E-state index in [0.717, 1.165) is 19.3 Å². The van der Waals surface area contributed by atoms with Crippen molar-refractivity contribution in [3.05, 3.63) is 28.2 Å². The van der Waals surface area contributed by atoms with Gasteiger partial charge in [-0.2, -0.15) is 0 Å². The highest BCUT2D eigenvalue weighted by molar-refractivity contribution is 6.42. The number of rotatable bonds is 2. The van der Waals surface area contributed by atoms with E-state index in [4.69, 9.17) is 27.9 Å². The molecule has 0 amide bonds. The molecule has 0 aliphatic heterocycles. The fraction of sp³-hybridized carbons (Fsp3) is 0.500. The van der Waals surface area contributed by atoms with Crippen LogP contribution in [0.3, 0.4) is 0 Å². The largest absolute Gasteiger partial charge is 0.426 e. The minimum atomic E-state index is -0.266. The molecule has 2 atom stereocenters. The summed E-state index contributed by atoms with van der Waals surface area (Å²) in [5.41, 5.74) is 0. The molecule has 21 heavy (non-hydrogen) atoms. The van der Waals surface area contributed by atoms with E-state index < -0.39 is 0 Å². The van der Waals surface area contributed by atoms with Crippen molar-refractivity contribution in [3.8, 4) is 5.75 Å². The predicted molar refractivity (Wildman–Crippen MR) is 80.7 cm³/mol. The maximum absolute atomic E-state index is 12.3. The maximum Gasteiger partial charge on any atom is 0.314 e. The summed E-state index contributed by atoms with van der Waals surface area (Å²) in [7, 11) is 0. The second-order valence-corrected chi connectivity index (χ2v) is 6.71. The second-order valence-electron chi connectivity index (χ2n) is 5.89. The molecule has 0 radical (unpaired) electrons. The first-order chi connectivity index (χ1) is 10.0. The lowest BCUT2D eigenvalue weighted by atomic mass is 9.67. The van der Waals surface area contributed by atoms with Crippen molar-refractivity contribution in [2.24, 2.45) is 17.8 Å². The highest BCUT2D eigenvalue weighted by atomic mass is 35.5. The summed E-state index contributed by atoms with van der Waals surface area (Å²) in [6.45, 7) is 0. The van der Waals surface area contributed by atoms with Crippen LogP contribution in [0.25, 0.3) is 0 Å². The summed E-state index contributed by atoms with van der Waals surface area (Å²) >= 11 is 11.7. The Morgan fingerprint density at radius 1 is 1.10 bits per heavy atom. The fourth-order valence-electron chi connectivity index (χ4n) is 3.41. The van der Waals surface area contributed by atoms with Crippen molar-refractivity contribution < 1.29 is 14.3 Å². The van der Waals surface area contributed by atoms with Crippen molar-refractivity contribution >= 4 is 35.0 Å². The van der Waals surface area contributed by atoms with Gasteiger partial charge in [0.1, 0.15) is 11.5 Å². The average molecular weight is 327 g/mol. The molecule has 0 heterocycles. The van der Waals surface area contributed by atoms with Crippen LogP contribution in [0.5, 0.6) is 5.75 Å². The predicted octanol–water partition coefficient (Wildman–Crippen LogP) is 4.29. The van der Waals surface area contributed by atoms with Gasteiger partial charge in [0.15, 0.2) is 0 Å². The summed E-state index contributed by atoms with van der Waals surface area (Å²) in [6.07, 6.45) is 4.15. The van der Waals surface area contributed by atoms with Crippen LogP contribution in [0.4, 0.5) is 0 Å². The van der Waals surface area contributed by atoms with Gasteiger partial charge in [0.05, 0.1) is 16.0 Å². The zero-order chi connectivity index (χ0) is 15.0. The number of hydrogen-bond acceptors (Lipinski definition) is 3. The van der Waals surface area contributed by atoms with Crippen molar-refractivity contribution in [1.29, 1.82) is 0 Å². The quantitative estimate of drug-likeness (QED) is 0.601. The average Bonchev–Trinajstić information content (AvgIpc) is 2.42. The van der Waals surface area contributed by atoms with Gasteiger partial charge in [-0.3, -0.25) is 9.59 Å². The third kappa shape index (κ3) is 3.09. The van der Waals surface area contributed by atoms with Crippen LogP contribution in [0.15, 0.2) is 18.2 Å². The molecule has 1 aromatic rings. The van der Waals surface area contributed by atoms with Crippen molar-refractivity contribution in [1.82, 2.24) is 0 Å². The summed E-state index contributed by atoms with van der Waals surface area (Å²) in [5, 5.41) is 0.784. The van der Waals surface area contributed by atoms with Crippen molar-refractivity contribution in [2.45, 2.75) is 32.1 Å². The number of ketones is 1. The number of carbonyl (C=O) groups excluding carboxylic acids is 2. The molecule has 112 valence electrons.